The Bertz CT molecular complexity index is 805. The fourth-order valence-electron chi connectivity index (χ4n) is 3.84. The first kappa shape index (κ1) is 14.7. The average molecular weight is 328 g/mol. The lowest BCUT2D eigenvalue weighted by molar-refractivity contribution is 0.0990. The van der Waals surface area contributed by atoms with Gasteiger partial charge in [-0.05, 0) is 54.2 Å². The van der Waals surface area contributed by atoms with Crippen molar-refractivity contribution in [2.45, 2.75) is 38.3 Å². The molecule has 2 N–H and O–H groups in total. The molecule has 118 valence electrons. The van der Waals surface area contributed by atoms with E-state index in [9.17, 15) is 4.79 Å². The smallest absolute Gasteiger partial charge is 0.259 e. The van der Waals surface area contributed by atoms with Crippen LogP contribution in [-0.2, 0) is 6.42 Å². The molecule has 2 unspecified atom stereocenters. The molecule has 0 fully saturated rings. The van der Waals surface area contributed by atoms with Crippen molar-refractivity contribution < 1.29 is 4.79 Å². The van der Waals surface area contributed by atoms with E-state index in [0.717, 1.165) is 41.6 Å². The van der Waals surface area contributed by atoms with E-state index in [1.807, 2.05) is 23.2 Å². The van der Waals surface area contributed by atoms with E-state index < -0.39 is 0 Å². The summed E-state index contributed by atoms with van der Waals surface area (Å²) in [5.74, 6) is 0.0270. The maximum atomic E-state index is 13.0. The topological polar surface area (TPSA) is 59.2 Å². The zero-order valence-corrected chi connectivity index (χ0v) is 13.7. The van der Waals surface area contributed by atoms with Gasteiger partial charge in [-0.15, -0.1) is 0 Å². The third kappa shape index (κ3) is 2.09. The fraction of sp³-hybridized carbons (Fsp3) is 0.333. The van der Waals surface area contributed by atoms with Gasteiger partial charge in [0.1, 0.15) is 0 Å². The van der Waals surface area contributed by atoms with E-state index in [1.165, 1.54) is 5.56 Å². The number of pyridine rings is 1. The predicted molar refractivity (Wildman–Crippen MR) is 90.8 cm³/mol. The van der Waals surface area contributed by atoms with Crippen molar-refractivity contribution in [1.29, 1.82) is 0 Å². The van der Waals surface area contributed by atoms with E-state index in [2.05, 4.69) is 11.9 Å². The van der Waals surface area contributed by atoms with Crippen molar-refractivity contribution in [2.75, 3.05) is 4.90 Å². The van der Waals surface area contributed by atoms with Gasteiger partial charge in [0.05, 0.1) is 17.9 Å². The third-order valence-electron chi connectivity index (χ3n) is 4.95. The summed E-state index contributed by atoms with van der Waals surface area (Å²) in [6, 6.07) is 5.53. The van der Waals surface area contributed by atoms with Crippen molar-refractivity contribution in [1.82, 2.24) is 4.98 Å². The lowest BCUT2D eigenvalue weighted by Gasteiger charge is -2.26. The number of hydrogen-bond donors (Lipinski definition) is 1. The second kappa shape index (κ2) is 5.32. The molecule has 0 radical (unpaired) electrons. The zero-order chi connectivity index (χ0) is 16.1. The molecule has 2 heterocycles. The van der Waals surface area contributed by atoms with Gasteiger partial charge in [0.2, 0.25) is 0 Å². The number of carbonyl (C=O) groups is 1. The molecule has 0 saturated carbocycles. The molecule has 5 heteroatoms. The number of fused-ring (bicyclic) bond motifs is 2. The maximum Gasteiger partial charge on any atom is 0.259 e. The standard InChI is InChI=1S/C18H18ClN3O/c1-2-16-13-7-10(19)3-4-12(13)18(23)22(16)17-9-21-8-14-11(17)5-6-15(14)20/h3-4,7-9,15-16H,2,5-6,20H2,1H3. The van der Waals surface area contributed by atoms with E-state index in [-0.39, 0.29) is 18.0 Å². The molecule has 4 rings (SSSR count). The van der Waals surface area contributed by atoms with Gasteiger partial charge >= 0.3 is 0 Å². The minimum Gasteiger partial charge on any atom is -0.324 e. The molecule has 2 aliphatic rings. The van der Waals surface area contributed by atoms with Crippen LogP contribution in [0.25, 0.3) is 0 Å². The highest BCUT2D eigenvalue weighted by Gasteiger charge is 2.39. The van der Waals surface area contributed by atoms with Crippen molar-refractivity contribution in [3.8, 4) is 0 Å². The Hall–Kier alpha value is -1.91. The van der Waals surface area contributed by atoms with Crippen LogP contribution in [0, 0.1) is 0 Å². The van der Waals surface area contributed by atoms with Crippen LogP contribution in [0.5, 0.6) is 0 Å². The lowest BCUT2D eigenvalue weighted by Crippen LogP contribution is -2.28. The van der Waals surface area contributed by atoms with Crippen molar-refractivity contribution in [2.24, 2.45) is 5.73 Å². The summed E-state index contributed by atoms with van der Waals surface area (Å²) in [6.07, 6.45) is 6.26. The summed E-state index contributed by atoms with van der Waals surface area (Å²) in [4.78, 5) is 19.2. The van der Waals surface area contributed by atoms with Crippen molar-refractivity contribution in [3.63, 3.8) is 0 Å². The Morgan fingerprint density at radius 1 is 1.35 bits per heavy atom. The molecular weight excluding hydrogens is 310 g/mol. The van der Waals surface area contributed by atoms with Gasteiger partial charge in [0.25, 0.3) is 5.91 Å². The summed E-state index contributed by atoms with van der Waals surface area (Å²) >= 11 is 6.14. The van der Waals surface area contributed by atoms with Gasteiger partial charge in [-0.3, -0.25) is 14.7 Å². The highest BCUT2D eigenvalue weighted by atomic mass is 35.5. The normalized spacial score (nSPS) is 22.4. The SMILES string of the molecule is CCC1c2cc(Cl)ccc2C(=O)N1c1cncc2c1CCC2N. The van der Waals surface area contributed by atoms with Crippen molar-refractivity contribution in [3.05, 3.63) is 57.9 Å². The fourth-order valence-corrected chi connectivity index (χ4v) is 4.02. The highest BCUT2D eigenvalue weighted by Crippen LogP contribution is 2.44. The summed E-state index contributed by atoms with van der Waals surface area (Å²) < 4.78 is 0. The Labute approximate surface area is 140 Å². The van der Waals surface area contributed by atoms with Crippen LogP contribution in [0.4, 0.5) is 5.69 Å². The van der Waals surface area contributed by atoms with Crippen LogP contribution in [0.3, 0.4) is 0 Å². The van der Waals surface area contributed by atoms with Crippen LogP contribution in [0.1, 0.15) is 58.9 Å². The van der Waals surface area contributed by atoms with Gasteiger partial charge in [-0.2, -0.15) is 0 Å². The first-order chi connectivity index (χ1) is 11.1. The number of anilines is 1. The Morgan fingerprint density at radius 2 is 2.17 bits per heavy atom. The second-order valence-corrected chi connectivity index (χ2v) is 6.64. The number of amides is 1. The molecule has 1 aliphatic carbocycles. The van der Waals surface area contributed by atoms with Crippen LogP contribution >= 0.6 is 11.6 Å². The number of benzene rings is 1. The predicted octanol–water partition coefficient (Wildman–Crippen LogP) is 3.79. The number of halogens is 1. The van der Waals surface area contributed by atoms with Crippen LogP contribution < -0.4 is 10.6 Å². The van der Waals surface area contributed by atoms with Gasteiger partial charge in [0.15, 0.2) is 0 Å². The van der Waals surface area contributed by atoms with Gasteiger partial charge in [0, 0.05) is 22.8 Å². The summed E-state index contributed by atoms with van der Waals surface area (Å²) in [5, 5.41) is 0.662. The largest absolute Gasteiger partial charge is 0.324 e. The van der Waals surface area contributed by atoms with E-state index in [0.29, 0.717) is 5.02 Å². The first-order valence-electron chi connectivity index (χ1n) is 7.97. The molecule has 0 saturated heterocycles. The molecular formula is C18H18ClN3O. The second-order valence-electron chi connectivity index (χ2n) is 6.20. The quantitative estimate of drug-likeness (QED) is 0.912. The number of nitrogens with two attached hydrogens (primary N) is 1. The average Bonchev–Trinajstić information content (AvgIpc) is 3.05. The van der Waals surface area contributed by atoms with Crippen LogP contribution in [-0.4, -0.2) is 10.9 Å². The van der Waals surface area contributed by atoms with Crippen LogP contribution in [0.2, 0.25) is 5.02 Å². The minimum absolute atomic E-state index is 0.00123. The van der Waals surface area contributed by atoms with Gasteiger partial charge in [-0.1, -0.05) is 18.5 Å². The molecule has 1 amide bonds. The number of carbonyl (C=O) groups excluding carboxylic acids is 1. The molecule has 2 atom stereocenters. The molecule has 1 aromatic heterocycles. The van der Waals surface area contributed by atoms with Gasteiger partial charge in [-0.25, -0.2) is 0 Å². The van der Waals surface area contributed by atoms with Crippen molar-refractivity contribution >= 4 is 23.2 Å². The third-order valence-corrected chi connectivity index (χ3v) is 5.19. The summed E-state index contributed by atoms with van der Waals surface area (Å²) in [6.45, 7) is 2.09. The monoisotopic (exact) mass is 327 g/mol. The number of nitrogens with zero attached hydrogens (tertiary/aromatic N) is 2. The van der Waals surface area contributed by atoms with Gasteiger partial charge < -0.3 is 5.73 Å². The Balaban J connectivity index is 1.86. The highest BCUT2D eigenvalue weighted by molar-refractivity contribution is 6.31. The molecule has 2 aromatic rings. The lowest BCUT2D eigenvalue weighted by atomic mass is 10.0. The maximum absolute atomic E-state index is 13.0. The van der Waals surface area contributed by atoms with E-state index >= 15 is 0 Å². The molecule has 1 aromatic carbocycles. The van der Waals surface area contributed by atoms with E-state index in [4.69, 9.17) is 17.3 Å². The number of aromatic nitrogens is 1. The zero-order valence-electron chi connectivity index (χ0n) is 12.9. The first-order valence-corrected chi connectivity index (χ1v) is 8.35. The van der Waals surface area contributed by atoms with E-state index in [1.54, 1.807) is 12.3 Å². The Kier molecular flexibility index (Phi) is 3.39. The number of rotatable bonds is 2. The molecule has 1 aliphatic heterocycles. The molecule has 23 heavy (non-hydrogen) atoms. The Morgan fingerprint density at radius 3 is 2.96 bits per heavy atom. The number of hydrogen-bond acceptors (Lipinski definition) is 3. The summed E-state index contributed by atoms with van der Waals surface area (Å²) in [7, 11) is 0. The summed E-state index contributed by atoms with van der Waals surface area (Å²) in [5.41, 5.74) is 11.0. The van der Waals surface area contributed by atoms with Crippen LogP contribution in [0.15, 0.2) is 30.6 Å². The molecule has 0 bridgehead atoms. The molecule has 4 nitrogen and oxygen atoms in total. The minimum atomic E-state index is 0.00123. The molecule has 0 spiro atoms.